The molecule has 0 spiro atoms. The van der Waals surface area contributed by atoms with Gasteiger partial charge in [-0.3, -0.25) is 0 Å². The molecule has 2 heterocycles. The standard InChI is InChI=1S/C7H13NO2/c9-7-5-1-8-2-6(7)4-10-3-5/h5-9H,1-4H2/t5-,6+,7?. The van der Waals surface area contributed by atoms with Crippen LogP contribution in [-0.4, -0.2) is 37.5 Å². The van der Waals surface area contributed by atoms with Gasteiger partial charge in [0.2, 0.25) is 0 Å². The van der Waals surface area contributed by atoms with Crippen molar-refractivity contribution in [1.82, 2.24) is 5.32 Å². The average molecular weight is 143 g/mol. The first-order valence-electron chi connectivity index (χ1n) is 3.84. The zero-order valence-electron chi connectivity index (χ0n) is 5.92. The Bertz CT molecular complexity index is 107. The summed E-state index contributed by atoms with van der Waals surface area (Å²) in [5.41, 5.74) is 0. The summed E-state index contributed by atoms with van der Waals surface area (Å²) in [4.78, 5) is 0. The maximum absolute atomic E-state index is 9.57. The van der Waals surface area contributed by atoms with Gasteiger partial charge in [-0.15, -0.1) is 0 Å². The van der Waals surface area contributed by atoms with Gasteiger partial charge in [-0.1, -0.05) is 0 Å². The van der Waals surface area contributed by atoms with Crippen LogP contribution in [0, 0.1) is 11.8 Å². The summed E-state index contributed by atoms with van der Waals surface area (Å²) in [6, 6.07) is 0. The predicted octanol–water partition coefficient (Wildman–Crippen LogP) is -0.787. The van der Waals surface area contributed by atoms with Gasteiger partial charge in [-0.2, -0.15) is 0 Å². The smallest absolute Gasteiger partial charge is 0.0664 e. The highest BCUT2D eigenvalue weighted by atomic mass is 16.5. The van der Waals surface area contributed by atoms with E-state index in [0.717, 1.165) is 26.3 Å². The number of fused-ring (bicyclic) bond motifs is 2. The molecule has 2 rings (SSSR count). The van der Waals surface area contributed by atoms with Gasteiger partial charge < -0.3 is 15.2 Å². The van der Waals surface area contributed by atoms with Gasteiger partial charge in [-0.05, 0) is 0 Å². The third-order valence-electron chi connectivity index (χ3n) is 2.44. The van der Waals surface area contributed by atoms with Gasteiger partial charge in [0.15, 0.2) is 0 Å². The van der Waals surface area contributed by atoms with Crippen LogP contribution in [0.25, 0.3) is 0 Å². The lowest BCUT2D eigenvalue weighted by molar-refractivity contribution is -0.0935. The maximum Gasteiger partial charge on any atom is 0.0664 e. The average Bonchev–Trinajstić information content (AvgIpc) is 1.86. The number of aliphatic hydroxyl groups excluding tert-OH is 1. The van der Waals surface area contributed by atoms with Crippen molar-refractivity contribution in [3.05, 3.63) is 0 Å². The third kappa shape index (κ3) is 0.944. The minimum atomic E-state index is -0.116. The number of aliphatic hydroxyl groups is 1. The van der Waals surface area contributed by atoms with Crippen molar-refractivity contribution < 1.29 is 9.84 Å². The Hall–Kier alpha value is -0.120. The molecule has 3 heteroatoms. The zero-order chi connectivity index (χ0) is 6.97. The van der Waals surface area contributed by atoms with Crippen LogP contribution >= 0.6 is 0 Å². The van der Waals surface area contributed by atoms with Crippen LogP contribution in [0.5, 0.6) is 0 Å². The molecule has 2 saturated heterocycles. The molecular formula is C7H13NO2. The zero-order valence-corrected chi connectivity index (χ0v) is 5.92. The van der Waals surface area contributed by atoms with E-state index in [9.17, 15) is 5.11 Å². The molecule has 0 radical (unpaired) electrons. The molecule has 2 aliphatic heterocycles. The fraction of sp³-hybridized carbons (Fsp3) is 1.00. The van der Waals surface area contributed by atoms with Crippen molar-refractivity contribution in [2.45, 2.75) is 6.10 Å². The molecule has 3 atom stereocenters. The van der Waals surface area contributed by atoms with Crippen molar-refractivity contribution in [1.29, 1.82) is 0 Å². The Morgan fingerprint density at radius 3 is 2.30 bits per heavy atom. The Kier molecular flexibility index (Phi) is 1.64. The lowest BCUT2D eigenvalue weighted by Crippen LogP contribution is -2.53. The minimum Gasteiger partial charge on any atom is -0.392 e. The fourth-order valence-electron chi connectivity index (χ4n) is 1.77. The number of nitrogens with one attached hydrogen (secondary N) is 1. The fourth-order valence-corrected chi connectivity index (χ4v) is 1.77. The molecule has 2 bridgehead atoms. The van der Waals surface area contributed by atoms with Crippen molar-refractivity contribution in [3.8, 4) is 0 Å². The van der Waals surface area contributed by atoms with Gasteiger partial charge in [0.25, 0.3) is 0 Å². The summed E-state index contributed by atoms with van der Waals surface area (Å²) >= 11 is 0. The molecule has 2 N–H and O–H groups in total. The first-order valence-corrected chi connectivity index (χ1v) is 3.84. The summed E-state index contributed by atoms with van der Waals surface area (Å²) in [6.45, 7) is 3.28. The highest BCUT2D eigenvalue weighted by molar-refractivity contribution is 4.87. The highest BCUT2D eigenvalue weighted by Crippen LogP contribution is 2.22. The molecule has 0 aliphatic carbocycles. The van der Waals surface area contributed by atoms with Crippen LogP contribution in [0.2, 0.25) is 0 Å². The Balaban J connectivity index is 2.05. The molecule has 1 unspecified atom stereocenters. The Labute approximate surface area is 60.4 Å². The van der Waals surface area contributed by atoms with Crippen LogP contribution in [0.4, 0.5) is 0 Å². The SMILES string of the molecule is OC1[C@@H]2CNC[C@H]1COC2. The normalized spacial score (nSPS) is 47.1. The van der Waals surface area contributed by atoms with Gasteiger partial charge in [0.1, 0.15) is 0 Å². The molecule has 2 aliphatic rings. The lowest BCUT2D eigenvalue weighted by Gasteiger charge is -2.39. The first kappa shape index (κ1) is 6.58. The monoisotopic (exact) mass is 143 g/mol. The van der Waals surface area contributed by atoms with Crippen LogP contribution in [0.1, 0.15) is 0 Å². The largest absolute Gasteiger partial charge is 0.392 e. The van der Waals surface area contributed by atoms with E-state index in [0.29, 0.717) is 11.8 Å². The number of piperidine rings is 1. The molecule has 0 amide bonds. The van der Waals surface area contributed by atoms with E-state index < -0.39 is 0 Å². The molecule has 2 fully saturated rings. The summed E-state index contributed by atoms with van der Waals surface area (Å²) in [5, 5.41) is 12.8. The Morgan fingerprint density at radius 1 is 1.20 bits per heavy atom. The first-order chi connectivity index (χ1) is 4.88. The molecule has 0 aromatic carbocycles. The molecule has 3 nitrogen and oxygen atoms in total. The number of hydrogen-bond donors (Lipinski definition) is 2. The molecule has 0 aromatic rings. The van der Waals surface area contributed by atoms with Crippen LogP contribution < -0.4 is 5.32 Å². The maximum atomic E-state index is 9.57. The van der Waals surface area contributed by atoms with E-state index in [2.05, 4.69) is 5.32 Å². The van der Waals surface area contributed by atoms with E-state index in [4.69, 9.17) is 4.74 Å². The third-order valence-corrected chi connectivity index (χ3v) is 2.44. The van der Waals surface area contributed by atoms with Gasteiger partial charge in [0.05, 0.1) is 19.3 Å². The topological polar surface area (TPSA) is 41.5 Å². The van der Waals surface area contributed by atoms with Crippen molar-refractivity contribution in [3.63, 3.8) is 0 Å². The van der Waals surface area contributed by atoms with E-state index in [1.54, 1.807) is 0 Å². The van der Waals surface area contributed by atoms with Gasteiger partial charge in [0, 0.05) is 24.9 Å². The van der Waals surface area contributed by atoms with Crippen molar-refractivity contribution in [2.24, 2.45) is 11.8 Å². The Morgan fingerprint density at radius 2 is 1.80 bits per heavy atom. The van der Waals surface area contributed by atoms with Crippen LogP contribution in [-0.2, 0) is 4.74 Å². The van der Waals surface area contributed by atoms with Crippen molar-refractivity contribution in [2.75, 3.05) is 26.3 Å². The van der Waals surface area contributed by atoms with Crippen LogP contribution in [0.15, 0.2) is 0 Å². The quantitative estimate of drug-likeness (QED) is 0.467. The molecule has 58 valence electrons. The van der Waals surface area contributed by atoms with E-state index in [1.165, 1.54) is 0 Å². The van der Waals surface area contributed by atoms with E-state index in [-0.39, 0.29) is 6.10 Å². The second kappa shape index (κ2) is 2.49. The summed E-state index contributed by atoms with van der Waals surface area (Å²) in [7, 11) is 0. The number of ether oxygens (including phenoxy) is 1. The highest BCUT2D eigenvalue weighted by Gasteiger charge is 2.35. The summed E-state index contributed by atoms with van der Waals surface area (Å²) in [5.74, 6) is 0.681. The van der Waals surface area contributed by atoms with Gasteiger partial charge >= 0.3 is 0 Å². The summed E-state index contributed by atoms with van der Waals surface area (Å²) < 4.78 is 5.31. The second-order valence-corrected chi connectivity index (χ2v) is 3.21. The molecule has 0 aromatic heterocycles. The van der Waals surface area contributed by atoms with Crippen LogP contribution in [0.3, 0.4) is 0 Å². The predicted molar refractivity (Wildman–Crippen MR) is 36.7 cm³/mol. The van der Waals surface area contributed by atoms with Crippen molar-refractivity contribution >= 4 is 0 Å². The van der Waals surface area contributed by atoms with E-state index in [1.807, 2.05) is 0 Å². The molecule has 10 heavy (non-hydrogen) atoms. The molecule has 0 saturated carbocycles. The number of rotatable bonds is 0. The number of hydrogen-bond acceptors (Lipinski definition) is 3. The summed E-state index contributed by atoms with van der Waals surface area (Å²) in [6.07, 6.45) is -0.116. The lowest BCUT2D eigenvalue weighted by atomic mass is 9.86. The van der Waals surface area contributed by atoms with Gasteiger partial charge in [-0.25, -0.2) is 0 Å². The van der Waals surface area contributed by atoms with E-state index >= 15 is 0 Å². The second-order valence-electron chi connectivity index (χ2n) is 3.21. The minimum absolute atomic E-state index is 0.116. The molecular weight excluding hydrogens is 130 g/mol.